The molecule has 0 aliphatic carbocycles. The van der Waals surface area contributed by atoms with Gasteiger partial charge in [0.2, 0.25) is 0 Å². The van der Waals surface area contributed by atoms with Crippen molar-refractivity contribution in [2.75, 3.05) is 13.1 Å². The zero-order valence-electron chi connectivity index (χ0n) is 11.3. The fourth-order valence-corrected chi connectivity index (χ4v) is 1.94. The van der Waals surface area contributed by atoms with E-state index >= 15 is 0 Å². The lowest BCUT2D eigenvalue weighted by Gasteiger charge is -2.23. The summed E-state index contributed by atoms with van der Waals surface area (Å²) in [6.07, 6.45) is -2.70. The van der Waals surface area contributed by atoms with Crippen molar-refractivity contribution in [1.82, 2.24) is 5.32 Å². The molecular formula is C13H14Cl2F3NO3. The largest absolute Gasteiger partial charge is 0.490 e. The normalized spacial score (nSPS) is 15.7. The monoisotopic (exact) mass is 359 g/mol. The van der Waals surface area contributed by atoms with Crippen LogP contribution in [-0.4, -0.2) is 36.4 Å². The average Bonchev–Trinajstić information content (AvgIpc) is 2.44. The second kappa shape index (κ2) is 8.45. The van der Waals surface area contributed by atoms with E-state index in [0.29, 0.717) is 16.1 Å². The molecule has 0 atom stereocenters. The number of carboxylic acid groups (broad SMARTS) is 1. The second-order valence-corrected chi connectivity index (χ2v) is 5.26. The zero-order valence-corrected chi connectivity index (χ0v) is 12.8. The van der Waals surface area contributed by atoms with Gasteiger partial charge < -0.3 is 15.2 Å². The predicted octanol–water partition coefficient (Wildman–Crippen LogP) is 3.76. The number of piperidine rings is 1. The van der Waals surface area contributed by atoms with E-state index in [0.717, 1.165) is 31.7 Å². The lowest BCUT2D eigenvalue weighted by molar-refractivity contribution is -0.192. The summed E-state index contributed by atoms with van der Waals surface area (Å²) in [4.78, 5) is 8.90. The van der Waals surface area contributed by atoms with Gasteiger partial charge in [0, 0.05) is 6.07 Å². The van der Waals surface area contributed by atoms with E-state index in [1.54, 1.807) is 12.1 Å². The molecule has 0 aromatic heterocycles. The smallest absolute Gasteiger partial charge is 0.490 e. The molecule has 124 valence electrons. The molecule has 1 heterocycles. The lowest BCUT2D eigenvalue weighted by Crippen LogP contribution is -2.34. The van der Waals surface area contributed by atoms with Crippen LogP contribution in [0.5, 0.6) is 5.75 Å². The third kappa shape index (κ3) is 6.72. The van der Waals surface area contributed by atoms with Crippen LogP contribution in [-0.2, 0) is 4.79 Å². The van der Waals surface area contributed by atoms with Crippen molar-refractivity contribution in [3.63, 3.8) is 0 Å². The Morgan fingerprint density at radius 2 is 1.77 bits per heavy atom. The van der Waals surface area contributed by atoms with Crippen LogP contribution in [0.4, 0.5) is 13.2 Å². The number of nitrogens with one attached hydrogen (secondary N) is 1. The quantitative estimate of drug-likeness (QED) is 0.843. The number of hydrogen-bond acceptors (Lipinski definition) is 3. The number of benzene rings is 1. The predicted molar refractivity (Wildman–Crippen MR) is 76.7 cm³/mol. The van der Waals surface area contributed by atoms with Gasteiger partial charge in [-0.25, -0.2) is 4.79 Å². The molecule has 1 aliphatic heterocycles. The molecule has 1 aromatic carbocycles. The van der Waals surface area contributed by atoms with Crippen LogP contribution in [0.25, 0.3) is 0 Å². The summed E-state index contributed by atoms with van der Waals surface area (Å²) < 4.78 is 37.5. The highest BCUT2D eigenvalue weighted by atomic mass is 35.5. The fraction of sp³-hybridized carbons (Fsp3) is 0.462. The molecule has 0 spiro atoms. The van der Waals surface area contributed by atoms with Crippen LogP contribution in [0.3, 0.4) is 0 Å². The van der Waals surface area contributed by atoms with Gasteiger partial charge in [-0.1, -0.05) is 23.2 Å². The van der Waals surface area contributed by atoms with Crippen LogP contribution in [0.1, 0.15) is 12.8 Å². The molecule has 0 amide bonds. The van der Waals surface area contributed by atoms with Crippen molar-refractivity contribution >= 4 is 29.2 Å². The molecule has 2 rings (SSSR count). The summed E-state index contributed by atoms with van der Waals surface area (Å²) in [6.45, 7) is 2.04. The molecule has 1 aromatic rings. The Balaban J connectivity index is 0.000000295. The van der Waals surface area contributed by atoms with Gasteiger partial charge in [-0.15, -0.1) is 0 Å². The Labute approximate surface area is 135 Å². The molecule has 1 aliphatic rings. The minimum Gasteiger partial charge on any atom is -0.490 e. The van der Waals surface area contributed by atoms with Gasteiger partial charge in [0.25, 0.3) is 0 Å². The standard InChI is InChI=1S/C11H13Cl2NO.C2HF3O2/c12-10-2-1-9(7-11(10)13)15-8-3-5-14-6-4-8;3-2(4,5)1(6)7/h1-2,7-8,14H,3-6H2;(H,6,7). The summed E-state index contributed by atoms with van der Waals surface area (Å²) in [5.41, 5.74) is 0. The molecule has 9 heteroatoms. The number of halogens is 5. The number of carbonyl (C=O) groups is 1. The van der Waals surface area contributed by atoms with Crippen LogP contribution < -0.4 is 10.1 Å². The summed E-state index contributed by atoms with van der Waals surface area (Å²) in [7, 11) is 0. The Kier molecular flexibility index (Phi) is 7.25. The first-order chi connectivity index (χ1) is 10.2. The number of ether oxygens (including phenoxy) is 1. The number of alkyl halides is 3. The highest BCUT2D eigenvalue weighted by Crippen LogP contribution is 2.27. The molecule has 0 radical (unpaired) electrons. The van der Waals surface area contributed by atoms with E-state index in [9.17, 15) is 13.2 Å². The third-order valence-corrected chi connectivity index (χ3v) is 3.46. The van der Waals surface area contributed by atoms with E-state index in [4.69, 9.17) is 37.8 Å². The first kappa shape index (κ1) is 18.9. The van der Waals surface area contributed by atoms with Crippen molar-refractivity contribution < 1.29 is 27.8 Å². The summed E-state index contributed by atoms with van der Waals surface area (Å²) in [6, 6.07) is 5.39. The van der Waals surface area contributed by atoms with Crippen molar-refractivity contribution in [2.45, 2.75) is 25.1 Å². The first-order valence-electron chi connectivity index (χ1n) is 6.32. The van der Waals surface area contributed by atoms with Gasteiger partial charge in [-0.3, -0.25) is 0 Å². The van der Waals surface area contributed by atoms with E-state index in [2.05, 4.69) is 5.32 Å². The second-order valence-electron chi connectivity index (χ2n) is 4.45. The van der Waals surface area contributed by atoms with Gasteiger partial charge in [0.15, 0.2) is 0 Å². The molecular weight excluding hydrogens is 346 g/mol. The highest BCUT2D eigenvalue weighted by molar-refractivity contribution is 6.42. The molecule has 1 saturated heterocycles. The SMILES string of the molecule is Clc1ccc(OC2CCNCC2)cc1Cl.O=C(O)C(F)(F)F. The van der Waals surface area contributed by atoms with Crippen molar-refractivity contribution in [3.05, 3.63) is 28.2 Å². The molecule has 2 N–H and O–H groups in total. The van der Waals surface area contributed by atoms with Gasteiger partial charge in [-0.05, 0) is 38.1 Å². The zero-order chi connectivity index (χ0) is 16.8. The Bertz CT molecular complexity index is 506. The van der Waals surface area contributed by atoms with E-state index in [-0.39, 0.29) is 0 Å². The number of hydrogen-bond donors (Lipinski definition) is 2. The Hall–Kier alpha value is -1.18. The van der Waals surface area contributed by atoms with E-state index in [1.807, 2.05) is 6.07 Å². The third-order valence-electron chi connectivity index (χ3n) is 2.72. The van der Waals surface area contributed by atoms with Crippen molar-refractivity contribution in [3.8, 4) is 5.75 Å². The van der Waals surface area contributed by atoms with Crippen molar-refractivity contribution in [1.29, 1.82) is 0 Å². The summed E-state index contributed by atoms with van der Waals surface area (Å²) in [5, 5.41) is 11.5. The fourth-order valence-electron chi connectivity index (χ4n) is 1.66. The molecule has 4 nitrogen and oxygen atoms in total. The van der Waals surface area contributed by atoms with Gasteiger partial charge in [-0.2, -0.15) is 13.2 Å². The maximum Gasteiger partial charge on any atom is 0.490 e. The Morgan fingerprint density at radius 3 is 2.23 bits per heavy atom. The van der Waals surface area contributed by atoms with E-state index < -0.39 is 12.1 Å². The molecule has 0 saturated carbocycles. The number of carboxylic acids is 1. The maximum absolute atomic E-state index is 10.6. The lowest BCUT2D eigenvalue weighted by atomic mass is 10.1. The van der Waals surface area contributed by atoms with Gasteiger partial charge in [0.05, 0.1) is 10.0 Å². The number of aliphatic carboxylic acids is 1. The minimum absolute atomic E-state index is 0.295. The van der Waals surface area contributed by atoms with Crippen molar-refractivity contribution in [2.24, 2.45) is 0 Å². The van der Waals surface area contributed by atoms with Crippen LogP contribution in [0, 0.1) is 0 Å². The minimum atomic E-state index is -5.08. The molecule has 1 fully saturated rings. The number of rotatable bonds is 2. The molecule has 22 heavy (non-hydrogen) atoms. The average molecular weight is 360 g/mol. The highest BCUT2D eigenvalue weighted by Gasteiger charge is 2.38. The van der Waals surface area contributed by atoms with Crippen LogP contribution in [0.2, 0.25) is 10.0 Å². The van der Waals surface area contributed by atoms with Crippen LogP contribution in [0.15, 0.2) is 18.2 Å². The van der Waals surface area contributed by atoms with Crippen LogP contribution >= 0.6 is 23.2 Å². The summed E-state index contributed by atoms with van der Waals surface area (Å²) in [5.74, 6) is -1.95. The van der Waals surface area contributed by atoms with Gasteiger partial charge in [0.1, 0.15) is 11.9 Å². The van der Waals surface area contributed by atoms with Gasteiger partial charge >= 0.3 is 12.1 Å². The Morgan fingerprint density at radius 1 is 1.23 bits per heavy atom. The first-order valence-corrected chi connectivity index (χ1v) is 7.08. The molecule has 0 bridgehead atoms. The van der Waals surface area contributed by atoms with E-state index in [1.165, 1.54) is 0 Å². The molecule has 0 unspecified atom stereocenters. The topological polar surface area (TPSA) is 58.6 Å². The summed E-state index contributed by atoms with van der Waals surface area (Å²) >= 11 is 11.7. The maximum atomic E-state index is 10.6.